The first-order chi connectivity index (χ1) is 11.5. The van der Waals surface area contributed by atoms with Crippen LogP contribution in [0.4, 0.5) is 11.4 Å². The minimum Gasteiger partial charge on any atom is -0.462 e. The zero-order valence-corrected chi connectivity index (χ0v) is 14.3. The molecule has 6 heteroatoms. The van der Waals surface area contributed by atoms with Crippen molar-refractivity contribution in [1.29, 1.82) is 0 Å². The molecular weight excluding hydrogens is 324 g/mol. The van der Waals surface area contributed by atoms with Crippen molar-refractivity contribution in [2.75, 3.05) is 17.2 Å². The van der Waals surface area contributed by atoms with Crippen LogP contribution in [0.5, 0.6) is 0 Å². The highest BCUT2D eigenvalue weighted by Gasteiger charge is 2.07. The van der Waals surface area contributed by atoms with Crippen molar-refractivity contribution in [1.82, 2.24) is 0 Å². The van der Waals surface area contributed by atoms with E-state index in [0.29, 0.717) is 28.5 Å². The van der Waals surface area contributed by atoms with Gasteiger partial charge in [-0.2, -0.15) is 0 Å². The van der Waals surface area contributed by atoms with Gasteiger partial charge in [0.2, 0.25) is 0 Å². The van der Waals surface area contributed by atoms with Crippen molar-refractivity contribution in [3.05, 3.63) is 59.7 Å². The smallest absolute Gasteiger partial charge is 0.338 e. The van der Waals surface area contributed by atoms with Crippen LogP contribution in [0.15, 0.2) is 48.5 Å². The maximum atomic E-state index is 11.7. The molecule has 0 aliphatic carbocycles. The van der Waals surface area contributed by atoms with Crippen molar-refractivity contribution >= 4 is 40.5 Å². The third-order valence-electron chi connectivity index (χ3n) is 3.18. The first kappa shape index (κ1) is 17.6. The third kappa shape index (κ3) is 4.89. The second-order valence-corrected chi connectivity index (χ2v) is 5.42. The molecule has 0 unspecified atom stereocenters. The van der Waals surface area contributed by atoms with Crippen LogP contribution in [0.1, 0.15) is 34.6 Å². The zero-order chi connectivity index (χ0) is 17.5. The fourth-order valence-corrected chi connectivity index (χ4v) is 2.26. The summed E-state index contributed by atoms with van der Waals surface area (Å²) < 4.78 is 4.97. The van der Waals surface area contributed by atoms with Crippen LogP contribution in [0.25, 0.3) is 0 Å². The quantitative estimate of drug-likeness (QED) is 0.488. The Bertz CT molecular complexity index is 757. The molecule has 0 radical (unpaired) electrons. The van der Waals surface area contributed by atoms with Gasteiger partial charge < -0.3 is 15.4 Å². The summed E-state index contributed by atoms with van der Waals surface area (Å²) in [5, 5.41) is 6.42. The van der Waals surface area contributed by atoms with E-state index in [1.165, 1.54) is 6.92 Å². The molecule has 0 bridgehead atoms. The van der Waals surface area contributed by atoms with E-state index in [1.54, 1.807) is 55.5 Å². The van der Waals surface area contributed by atoms with Gasteiger partial charge in [-0.3, -0.25) is 4.79 Å². The number of hydrogen-bond donors (Lipinski definition) is 2. The summed E-state index contributed by atoms with van der Waals surface area (Å²) in [6.07, 6.45) is 0. The van der Waals surface area contributed by atoms with Crippen molar-refractivity contribution < 1.29 is 14.3 Å². The number of carbonyl (C=O) groups excluding carboxylic acids is 2. The third-order valence-corrected chi connectivity index (χ3v) is 3.38. The molecule has 0 heterocycles. The number of ketones is 1. The average molecular weight is 342 g/mol. The molecule has 124 valence electrons. The molecule has 0 saturated carbocycles. The lowest BCUT2D eigenvalue weighted by atomic mass is 10.1. The molecule has 2 N–H and O–H groups in total. The van der Waals surface area contributed by atoms with Crippen LogP contribution >= 0.6 is 12.2 Å². The Kier molecular flexibility index (Phi) is 6.03. The van der Waals surface area contributed by atoms with Gasteiger partial charge in [-0.15, -0.1) is 0 Å². The number of rotatable bonds is 5. The molecule has 0 aliphatic rings. The molecule has 0 atom stereocenters. The summed E-state index contributed by atoms with van der Waals surface area (Å²) in [4.78, 5) is 23.0. The molecule has 0 saturated heterocycles. The van der Waals surface area contributed by atoms with E-state index >= 15 is 0 Å². The van der Waals surface area contributed by atoms with E-state index in [4.69, 9.17) is 17.0 Å². The first-order valence-corrected chi connectivity index (χ1v) is 7.86. The van der Waals surface area contributed by atoms with E-state index in [9.17, 15) is 9.59 Å². The monoisotopic (exact) mass is 342 g/mol. The minimum atomic E-state index is -0.375. The van der Waals surface area contributed by atoms with Crippen LogP contribution in [0, 0.1) is 0 Å². The molecule has 2 rings (SSSR count). The molecule has 0 amide bonds. The number of ether oxygens (including phenoxy) is 1. The summed E-state index contributed by atoms with van der Waals surface area (Å²) in [5.74, 6) is -0.363. The SMILES string of the molecule is CCOC(=O)c1cccc(NC(=S)Nc2ccc(C(C)=O)cc2)c1. The van der Waals surface area contributed by atoms with Gasteiger partial charge in [0.15, 0.2) is 10.9 Å². The standard InChI is InChI=1S/C18H18N2O3S/c1-3-23-17(22)14-5-4-6-16(11-14)20-18(24)19-15-9-7-13(8-10-15)12(2)21/h4-11H,3H2,1-2H3,(H2,19,20,24). The van der Waals surface area contributed by atoms with Gasteiger partial charge in [0.05, 0.1) is 12.2 Å². The van der Waals surface area contributed by atoms with Crippen molar-refractivity contribution in [3.63, 3.8) is 0 Å². The van der Waals surface area contributed by atoms with Crippen LogP contribution in [0.3, 0.4) is 0 Å². The Balaban J connectivity index is 2.00. The molecule has 5 nitrogen and oxygen atoms in total. The minimum absolute atomic E-state index is 0.0121. The van der Waals surface area contributed by atoms with Crippen LogP contribution in [-0.2, 0) is 4.74 Å². The Morgan fingerprint density at radius 3 is 2.29 bits per heavy atom. The summed E-state index contributed by atoms with van der Waals surface area (Å²) in [7, 11) is 0. The molecule has 0 fully saturated rings. The van der Waals surface area contributed by atoms with E-state index < -0.39 is 0 Å². The lowest BCUT2D eigenvalue weighted by Crippen LogP contribution is -2.19. The Morgan fingerprint density at radius 2 is 1.67 bits per heavy atom. The van der Waals surface area contributed by atoms with Gasteiger partial charge in [0, 0.05) is 16.9 Å². The van der Waals surface area contributed by atoms with Gasteiger partial charge >= 0.3 is 5.97 Å². The molecule has 0 aliphatic heterocycles. The fraction of sp³-hybridized carbons (Fsp3) is 0.167. The number of anilines is 2. The van der Waals surface area contributed by atoms with Gasteiger partial charge in [-0.1, -0.05) is 6.07 Å². The number of benzene rings is 2. The second kappa shape index (κ2) is 8.21. The number of nitrogens with one attached hydrogen (secondary N) is 2. The van der Waals surface area contributed by atoms with E-state index in [2.05, 4.69) is 10.6 Å². The summed E-state index contributed by atoms with van der Waals surface area (Å²) in [6, 6.07) is 13.9. The number of esters is 1. The van der Waals surface area contributed by atoms with Crippen molar-refractivity contribution in [3.8, 4) is 0 Å². The molecule has 24 heavy (non-hydrogen) atoms. The van der Waals surface area contributed by atoms with Gasteiger partial charge in [0.25, 0.3) is 0 Å². The van der Waals surface area contributed by atoms with Crippen molar-refractivity contribution in [2.45, 2.75) is 13.8 Å². The van der Waals surface area contributed by atoms with Crippen molar-refractivity contribution in [2.24, 2.45) is 0 Å². The normalized spacial score (nSPS) is 9.92. The molecular formula is C18H18N2O3S. The number of carbonyl (C=O) groups is 2. The highest BCUT2D eigenvalue weighted by molar-refractivity contribution is 7.80. The lowest BCUT2D eigenvalue weighted by Gasteiger charge is -2.11. The van der Waals surface area contributed by atoms with Gasteiger partial charge in [-0.05, 0) is 68.5 Å². The highest BCUT2D eigenvalue weighted by atomic mass is 32.1. The Hall–Kier alpha value is -2.73. The fourth-order valence-electron chi connectivity index (χ4n) is 2.02. The second-order valence-electron chi connectivity index (χ2n) is 5.01. The van der Waals surface area contributed by atoms with E-state index in [-0.39, 0.29) is 11.8 Å². The summed E-state index contributed by atoms with van der Waals surface area (Å²) in [6.45, 7) is 3.61. The lowest BCUT2D eigenvalue weighted by molar-refractivity contribution is 0.0526. The number of hydrogen-bond acceptors (Lipinski definition) is 4. The maximum Gasteiger partial charge on any atom is 0.338 e. The predicted molar refractivity (Wildman–Crippen MR) is 98.7 cm³/mol. The van der Waals surface area contributed by atoms with E-state index in [1.807, 2.05) is 0 Å². The number of thiocarbonyl (C=S) groups is 1. The molecule has 2 aromatic carbocycles. The maximum absolute atomic E-state index is 11.7. The first-order valence-electron chi connectivity index (χ1n) is 7.46. The highest BCUT2D eigenvalue weighted by Crippen LogP contribution is 2.14. The average Bonchev–Trinajstić information content (AvgIpc) is 2.55. The zero-order valence-electron chi connectivity index (χ0n) is 13.5. The van der Waals surface area contributed by atoms with Crippen LogP contribution in [-0.4, -0.2) is 23.5 Å². The van der Waals surface area contributed by atoms with Crippen LogP contribution < -0.4 is 10.6 Å². The topological polar surface area (TPSA) is 67.4 Å². The summed E-state index contributed by atoms with van der Waals surface area (Å²) in [5.41, 5.74) is 2.54. The van der Waals surface area contributed by atoms with Crippen LogP contribution in [0.2, 0.25) is 0 Å². The predicted octanol–water partition coefficient (Wildman–Crippen LogP) is 3.87. The van der Waals surface area contributed by atoms with E-state index in [0.717, 1.165) is 5.69 Å². The summed E-state index contributed by atoms with van der Waals surface area (Å²) >= 11 is 5.26. The molecule has 2 aromatic rings. The molecule has 0 aromatic heterocycles. The Morgan fingerprint density at radius 1 is 1.00 bits per heavy atom. The molecule has 0 spiro atoms. The van der Waals surface area contributed by atoms with Gasteiger partial charge in [-0.25, -0.2) is 4.79 Å². The largest absolute Gasteiger partial charge is 0.462 e. The van der Waals surface area contributed by atoms with Gasteiger partial charge in [0.1, 0.15) is 0 Å². The number of Topliss-reactive ketones (excluding diaryl/α,β-unsaturated/α-hetero) is 1. The Labute approximate surface area is 146 Å².